The van der Waals surface area contributed by atoms with Crippen LogP contribution < -0.4 is 5.32 Å². The van der Waals surface area contributed by atoms with Crippen molar-refractivity contribution >= 4 is 17.5 Å². The minimum Gasteiger partial charge on any atom is -0.366 e. The van der Waals surface area contributed by atoms with Gasteiger partial charge in [-0.05, 0) is 39.3 Å². The molecule has 0 spiro atoms. The molecule has 0 aliphatic carbocycles. The molecule has 0 saturated carbocycles. The lowest BCUT2D eigenvalue weighted by atomic mass is 10.1. The first-order valence-corrected chi connectivity index (χ1v) is 6.35. The van der Waals surface area contributed by atoms with Crippen LogP contribution in [0.1, 0.15) is 39.3 Å². The smallest absolute Gasteiger partial charge is 0.246 e. The summed E-state index contributed by atoms with van der Waals surface area (Å²) in [5.74, 6) is -0.141. The summed E-state index contributed by atoms with van der Waals surface area (Å²) in [6.07, 6.45) is 0. The summed E-state index contributed by atoms with van der Waals surface area (Å²) in [7, 11) is 0. The Labute approximate surface area is 113 Å². The van der Waals surface area contributed by atoms with Gasteiger partial charge in [-0.3, -0.25) is 4.79 Å². The Morgan fingerprint density at radius 1 is 1.39 bits per heavy atom. The van der Waals surface area contributed by atoms with E-state index in [0.29, 0.717) is 5.02 Å². The van der Waals surface area contributed by atoms with Gasteiger partial charge in [0, 0.05) is 5.02 Å². The number of carbonyl (C=O) groups excluding carboxylic acids is 1. The van der Waals surface area contributed by atoms with Crippen molar-refractivity contribution in [3.63, 3.8) is 0 Å². The standard InChI is InChI=1S/C14H20ClNO2/c1-10(11-7-5-6-8-12(11)15)16-13(17)9-18-14(2,3)4/h5-8,10H,9H2,1-4H3,(H,16,17)/t10-/m0/s1. The summed E-state index contributed by atoms with van der Waals surface area (Å²) in [6, 6.07) is 7.34. The maximum atomic E-state index is 11.7. The summed E-state index contributed by atoms with van der Waals surface area (Å²) >= 11 is 6.07. The van der Waals surface area contributed by atoms with Gasteiger partial charge < -0.3 is 10.1 Å². The molecular formula is C14H20ClNO2. The molecule has 18 heavy (non-hydrogen) atoms. The van der Waals surface area contributed by atoms with Gasteiger partial charge in [0.25, 0.3) is 0 Å². The minimum absolute atomic E-state index is 0.0539. The first-order valence-electron chi connectivity index (χ1n) is 5.97. The number of carbonyl (C=O) groups is 1. The third-order valence-corrected chi connectivity index (χ3v) is 2.73. The van der Waals surface area contributed by atoms with Crippen molar-refractivity contribution in [2.45, 2.75) is 39.3 Å². The van der Waals surface area contributed by atoms with Crippen LogP contribution in [-0.2, 0) is 9.53 Å². The van der Waals surface area contributed by atoms with E-state index in [4.69, 9.17) is 16.3 Å². The molecule has 0 heterocycles. The lowest BCUT2D eigenvalue weighted by Crippen LogP contribution is -2.33. The van der Waals surface area contributed by atoms with E-state index >= 15 is 0 Å². The number of rotatable bonds is 4. The highest BCUT2D eigenvalue weighted by molar-refractivity contribution is 6.31. The molecule has 1 rings (SSSR count). The Kier molecular flexibility index (Phi) is 5.17. The fourth-order valence-corrected chi connectivity index (χ4v) is 1.77. The maximum Gasteiger partial charge on any atom is 0.246 e. The minimum atomic E-state index is -0.315. The number of hydrogen-bond donors (Lipinski definition) is 1. The molecule has 0 unspecified atom stereocenters. The van der Waals surface area contributed by atoms with Gasteiger partial charge in [-0.1, -0.05) is 29.8 Å². The average molecular weight is 270 g/mol. The number of ether oxygens (including phenoxy) is 1. The van der Waals surface area contributed by atoms with Gasteiger partial charge in [0.2, 0.25) is 5.91 Å². The first-order chi connectivity index (χ1) is 8.29. The van der Waals surface area contributed by atoms with Crippen LogP contribution >= 0.6 is 11.6 Å². The van der Waals surface area contributed by atoms with Crippen molar-refractivity contribution in [3.05, 3.63) is 34.9 Å². The normalized spacial score (nSPS) is 13.2. The number of amides is 1. The van der Waals surface area contributed by atoms with Crippen LogP contribution in [0.3, 0.4) is 0 Å². The van der Waals surface area contributed by atoms with E-state index in [9.17, 15) is 4.79 Å². The molecule has 0 aliphatic heterocycles. The van der Waals surface area contributed by atoms with Gasteiger partial charge in [0.1, 0.15) is 6.61 Å². The topological polar surface area (TPSA) is 38.3 Å². The molecule has 0 bridgehead atoms. The fraction of sp³-hybridized carbons (Fsp3) is 0.500. The van der Waals surface area contributed by atoms with Crippen LogP contribution in [0.25, 0.3) is 0 Å². The maximum absolute atomic E-state index is 11.7. The molecule has 0 aliphatic rings. The zero-order valence-corrected chi connectivity index (χ0v) is 12.0. The van der Waals surface area contributed by atoms with Crippen LogP contribution in [0.15, 0.2) is 24.3 Å². The molecule has 0 radical (unpaired) electrons. The van der Waals surface area contributed by atoms with E-state index in [0.717, 1.165) is 5.56 Å². The van der Waals surface area contributed by atoms with Gasteiger partial charge in [-0.2, -0.15) is 0 Å². The van der Waals surface area contributed by atoms with Crippen molar-refractivity contribution in [3.8, 4) is 0 Å². The third kappa shape index (κ3) is 5.07. The second-order valence-electron chi connectivity index (χ2n) is 5.21. The lowest BCUT2D eigenvalue weighted by Gasteiger charge is -2.21. The molecule has 1 N–H and O–H groups in total. The molecule has 3 nitrogen and oxygen atoms in total. The largest absolute Gasteiger partial charge is 0.366 e. The van der Waals surface area contributed by atoms with E-state index < -0.39 is 0 Å². The number of halogens is 1. The summed E-state index contributed by atoms with van der Waals surface area (Å²) in [6.45, 7) is 7.70. The average Bonchev–Trinajstić information content (AvgIpc) is 2.26. The molecule has 1 amide bonds. The molecular weight excluding hydrogens is 250 g/mol. The van der Waals surface area contributed by atoms with Crippen molar-refractivity contribution in [2.24, 2.45) is 0 Å². The summed E-state index contributed by atoms with van der Waals surface area (Å²) in [5.41, 5.74) is 0.591. The summed E-state index contributed by atoms with van der Waals surface area (Å²) in [5, 5.41) is 3.52. The predicted octanol–water partition coefficient (Wildman–Crippen LogP) is 3.33. The molecule has 1 aromatic rings. The van der Waals surface area contributed by atoms with Gasteiger partial charge >= 0.3 is 0 Å². The molecule has 4 heteroatoms. The van der Waals surface area contributed by atoms with Crippen LogP contribution in [0, 0.1) is 0 Å². The van der Waals surface area contributed by atoms with Gasteiger partial charge in [-0.25, -0.2) is 0 Å². The van der Waals surface area contributed by atoms with Crippen LogP contribution in [0.5, 0.6) is 0 Å². The van der Waals surface area contributed by atoms with Crippen molar-refractivity contribution in [1.82, 2.24) is 5.32 Å². The SMILES string of the molecule is C[C@H](NC(=O)COC(C)(C)C)c1ccccc1Cl. The van der Waals surface area contributed by atoms with Crippen LogP contribution in [0.2, 0.25) is 5.02 Å². The lowest BCUT2D eigenvalue weighted by molar-refractivity contribution is -0.131. The quantitative estimate of drug-likeness (QED) is 0.910. The number of benzene rings is 1. The van der Waals surface area contributed by atoms with Crippen molar-refractivity contribution in [1.29, 1.82) is 0 Å². The zero-order valence-electron chi connectivity index (χ0n) is 11.3. The van der Waals surface area contributed by atoms with Gasteiger partial charge in [0.15, 0.2) is 0 Å². The monoisotopic (exact) mass is 269 g/mol. The van der Waals surface area contributed by atoms with Crippen LogP contribution in [-0.4, -0.2) is 18.1 Å². The summed E-state index contributed by atoms with van der Waals surface area (Å²) < 4.78 is 5.41. The summed E-state index contributed by atoms with van der Waals surface area (Å²) in [4.78, 5) is 11.7. The van der Waals surface area contributed by atoms with E-state index in [2.05, 4.69) is 5.32 Å². The van der Waals surface area contributed by atoms with E-state index in [1.165, 1.54) is 0 Å². The fourth-order valence-electron chi connectivity index (χ4n) is 1.47. The van der Waals surface area contributed by atoms with E-state index in [1.54, 1.807) is 0 Å². The highest BCUT2D eigenvalue weighted by Gasteiger charge is 2.15. The van der Waals surface area contributed by atoms with Crippen molar-refractivity contribution in [2.75, 3.05) is 6.61 Å². The molecule has 100 valence electrons. The second kappa shape index (κ2) is 6.21. The Morgan fingerprint density at radius 2 is 2.00 bits per heavy atom. The van der Waals surface area contributed by atoms with Crippen LogP contribution in [0.4, 0.5) is 0 Å². The highest BCUT2D eigenvalue weighted by Crippen LogP contribution is 2.21. The number of hydrogen-bond acceptors (Lipinski definition) is 2. The molecule has 0 fully saturated rings. The number of nitrogens with one attached hydrogen (secondary N) is 1. The zero-order chi connectivity index (χ0) is 13.8. The molecule has 0 aromatic heterocycles. The Hall–Kier alpha value is -1.06. The Bertz CT molecular complexity index is 413. The molecule has 0 saturated heterocycles. The molecule has 1 atom stereocenters. The Morgan fingerprint density at radius 3 is 2.56 bits per heavy atom. The highest BCUT2D eigenvalue weighted by atomic mass is 35.5. The van der Waals surface area contributed by atoms with Gasteiger partial charge in [-0.15, -0.1) is 0 Å². The first kappa shape index (κ1) is 15.0. The van der Waals surface area contributed by atoms with Gasteiger partial charge in [0.05, 0.1) is 11.6 Å². The van der Waals surface area contributed by atoms with E-state index in [-0.39, 0.29) is 24.2 Å². The Balaban J connectivity index is 2.53. The third-order valence-electron chi connectivity index (χ3n) is 2.39. The van der Waals surface area contributed by atoms with Crippen molar-refractivity contribution < 1.29 is 9.53 Å². The predicted molar refractivity (Wildman–Crippen MR) is 73.7 cm³/mol. The molecule has 1 aromatic carbocycles. The van der Waals surface area contributed by atoms with E-state index in [1.807, 2.05) is 52.0 Å². The second-order valence-corrected chi connectivity index (χ2v) is 5.62.